The van der Waals surface area contributed by atoms with E-state index in [1.165, 1.54) is 0 Å². The first kappa shape index (κ1) is 17.4. The Bertz CT molecular complexity index is 543. The van der Waals surface area contributed by atoms with Crippen molar-refractivity contribution in [2.45, 2.75) is 38.8 Å². The zero-order chi connectivity index (χ0) is 16.3. The van der Waals surface area contributed by atoms with Gasteiger partial charge in [0.15, 0.2) is 0 Å². The number of ether oxygens (including phenoxy) is 1. The fraction of sp³-hybridized carbons (Fsp3) is 0.562. The number of halogens is 2. The largest absolute Gasteiger partial charge is 0.444 e. The van der Waals surface area contributed by atoms with Gasteiger partial charge in [0, 0.05) is 19.6 Å². The van der Waals surface area contributed by atoms with Crippen LogP contribution in [0.1, 0.15) is 26.3 Å². The number of carbonyl (C=O) groups is 1. The summed E-state index contributed by atoms with van der Waals surface area (Å²) in [4.78, 5) is 14.2. The van der Waals surface area contributed by atoms with E-state index in [-0.39, 0.29) is 12.1 Å². The number of hydrogen-bond acceptors (Lipinski definition) is 3. The van der Waals surface area contributed by atoms with Crippen LogP contribution in [0.4, 0.5) is 4.79 Å². The molecule has 122 valence electrons. The molecule has 1 aromatic carbocycles. The third-order valence-corrected chi connectivity index (χ3v) is 4.17. The summed E-state index contributed by atoms with van der Waals surface area (Å²) in [7, 11) is 0. The van der Waals surface area contributed by atoms with Gasteiger partial charge in [-0.2, -0.15) is 0 Å². The van der Waals surface area contributed by atoms with Crippen LogP contribution in [0.5, 0.6) is 0 Å². The lowest BCUT2D eigenvalue weighted by atomic mass is 10.0. The molecule has 0 aromatic heterocycles. The van der Waals surface area contributed by atoms with E-state index in [4.69, 9.17) is 27.9 Å². The molecule has 1 heterocycles. The third kappa shape index (κ3) is 4.77. The molecule has 2 rings (SSSR count). The van der Waals surface area contributed by atoms with Gasteiger partial charge >= 0.3 is 6.09 Å². The predicted octanol–water partition coefficient (Wildman–Crippen LogP) is 3.74. The quantitative estimate of drug-likeness (QED) is 0.888. The van der Waals surface area contributed by atoms with Crippen molar-refractivity contribution in [3.05, 3.63) is 33.8 Å². The summed E-state index contributed by atoms with van der Waals surface area (Å²) >= 11 is 12.0. The number of piperazine rings is 1. The molecule has 1 atom stereocenters. The van der Waals surface area contributed by atoms with Crippen molar-refractivity contribution in [2.75, 3.05) is 19.6 Å². The Balaban J connectivity index is 2.09. The van der Waals surface area contributed by atoms with Crippen molar-refractivity contribution in [2.24, 2.45) is 0 Å². The Morgan fingerprint density at radius 2 is 2.09 bits per heavy atom. The Morgan fingerprint density at radius 3 is 2.73 bits per heavy atom. The summed E-state index contributed by atoms with van der Waals surface area (Å²) in [6, 6.07) is 5.62. The molecule has 1 aliphatic rings. The fourth-order valence-corrected chi connectivity index (χ4v) is 2.76. The molecule has 1 aliphatic heterocycles. The Labute approximate surface area is 141 Å². The molecule has 0 aliphatic carbocycles. The summed E-state index contributed by atoms with van der Waals surface area (Å²) in [6.45, 7) is 7.78. The van der Waals surface area contributed by atoms with Crippen LogP contribution in [0.2, 0.25) is 10.0 Å². The predicted molar refractivity (Wildman–Crippen MR) is 89.8 cm³/mol. The smallest absolute Gasteiger partial charge is 0.410 e. The van der Waals surface area contributed by atoms with Gasteiger partial charge < -0.3 is 15.0 Å². The molecule has 0 unspecified atom stereocenters. The van der Waals surface area contributed by atoms with E-state index in [1.807, 2.05) is 32.9 Å². The van der Waals surface area contributed by atoms with Gasteiger partial charge in [-0.25, -0.2) is 4.79 Å². The van der Waals surface area contributed by atoms with Crippen LogP contribution >= 0.6 is 23.2 Å². The van der Waals surface area contributed by atoms with E-state index in [1.54, 1.807) is 11.0 Å². The Kier molecular flexibility index (Phi) is 5.59. The first-order valence-electron chi connectivity index (χ1n) is 7.40. The van der Waals surface area contributed by atoms with Gasteiger partial charge in [-0.05, 0) is 44.9 Å². The number of rotatable bonds is 2. The zero-order valence-corrected chi connectivity index (χ0v) is 14.7. The molecule has 1 amide bonds. The van der Waals surface area contributed by atoms with Gasteiger partial charge in [-0.1, -0.05) is 29.3 Å². The maximum atomic E-state index is 12.4. The van der Waals surface area contributed by atoms with Gasteiger partial charge in [-0.15, -0.1) is 0 Å². The van der Waals surface area contributed by atoms with Gasteiger partial charge in [0.05, 0.1) is 16.1 Å². The maximum absolute atomic E-state index is 12.4. The van der Waals surface area contributed by atoms with Gasteiger partial charge in [0.25, 0.3) is 0 Å². The van der Waals surface area contributed by atoms with Crippen LogP contribution in [-0.4, -0.2) is 42.3 Å². The van der Waals surface area contributed by atoms with Crippen LogP contribution in [0.3, 0.4) is 0 Å². The highest BCUT2D eigenvalue weighted by atomic mass is 35.5. The lowest BCUT2D eigenvalue weighted by Gasteiger charge is -2.37. The number of nitrogens with one attached hydrogen (secondary N) is 1. The maximum Gasteiger partial charge on any atom is 0.410 e. The van der Waals surface area contributed by atoms with E-state index >= 15 is 0 Å². The molecule has 1 N–H and O–H groups in total. The SMILES string of the molecule is CC(C)(C)OC(=O)N1CCNC[C@@H]1Cc1ccc(Cl)c(Cl)c1. The molecular formula is C16H22Cl2N2O2. The van der Waals surface area contributed by atoms with E-state index in [2.05, 4.69) is 5.32 Å². The first-order valence-corrected chi connectivity index (χ1v) is 8.16. The number of hydrogen-bond donors (Lipinski definition) is 1. The van der Waals surface area contributed by atoms with E-state index in [0.717, 1.165) is 18.7 Å². The lowest BCUT2D eigenvalue weighted by molar-refractivity contribution is 0.0122. The fourth-order valence-electron chi connectivity index (χ4n) is 2.44. The first-order chi connectivity index (χ1) is 10.3. The Hall–Kier alpha value is -0.970. The van der Waals surface area contributed by atoms with Crippen molar-refractivity contribution in [3.63, 3.8) is 0 Å². The van der Waals surface area contributed by atoms with Crippen molar-refractivity contribution in [3.8, 4) is 0 Å². The van der Waals surface area contributed by atoms with Crippen molar-refractivity contribution in [1.82, 2.24) is 10.2 Å². The minimum Gasteiger partial charge on any atom is -0.444 e. The normalized spacial score (nSPS) is 19.1. The summed E-state index contributed by atoms with van der Waals surface area (Å²) in [5.41, 5.74) is 0.562. The molecule has 0 spiro atoms. The van der Waals surface area contributed by atoms with Crippen LogP contribution in [-0.2, 0) is 11.2 Å². The molecule has 0 radical (unpaired) electrons. The molecule has 4 nitrogen and oxygen atoms in total. The highest BCUT2D eigenvalue weighted by Crippen LogP contribution is 2.24. The summed E-state index contributed by atoms with van der Waals surface area (Å²) in [5, 5.41) is 4.39. The molecule has 1 aromatic rings. The topological polar surface area (TPSA) is 41.6 Å². The molecule has 1 saturated heterocycles. The molecule has 0 bridgehead atoms. The van der Waals surface area contributed by atoms with E-state index < -0.39 is 5.60 Å². The van der Waals surface area contributed by atoms with Crippen LogP contribution in [0.15, 0.2) is 18.2 Å². The van der Waals surface area contributed by atoms with Gasteiger partial charge in [-0.3, -0.25) is 0 Å². The van der Waals surface area contributed by atoms with Crippen LogP contribution in [0, 0.1) is 0 Å². The Morgan fingerprint density at radius 1 is 1.36 bits per heavy atom. The summed E-state index contributed by atoms with van der Waals surface area (Å²) in [5.74, 6) is 0. The number of amides is 1. The van der Waals surface area contributed by atoms with E-state index in [0.29, 0.717) is 23.0 Å². The van der Waals surface area contributed by atoms with E-state index in [9.17, 15) is 4.79 Å². The number of benzene rings is 1. The molecule has 0 saturated carbocycles. The van der Waals surface area contributed by atoms with Gasteiger partial charge in [0.2, 0.25) is 0 Å². The highest BCUT2D eigenvalue weighted by Gasteiger charge is 2.30. The minimum atomic E-state index is -0.490. The highest BCUT2D eigenvalue weighted by molar-refractivity contribution is 6.42. The van der Waals surface area contributed by atoms with Crippen molar-refractivity contribution in [1.29, 1.82) is 0 Å². The van der Waals surface area contributed by atoms with Crippen LogP contribution < -0.4 is 5.32 Å². The molecular weight excluding hydrogens is 323 g/mol. The minimum absolute atomic E-state index is 0.0424. The summed E-state index contributed by atoms with van der Waals surface area (Å²) < 4.78 is 5.50. The van der Waals surface area contributed by atoms with Crippen molar-refractivity contribution < 1.29 is 9.53 Å². The average molecular weight is 345 g/mol. The molecule has 6 heteroatoms. The number of nitrogens with zero attached hydrogens (tertiary/aromatic N) is 1. The zero-order valence-electron chi connectivity index (χ0n) is 13.2. The summed E-state index contributed by atoms with van der Waals surface area (Å²) in [6.07, 6.45) is 0.447. The van der Waals surface area contributed by atoms with Gasteiger partial charge in [0.1, 0.15) is 5.60 Å². The standard InChI is InChI=1S/C16H22Cl2N2O2/c1-16(2,3)22-15(21)20-7-6-19-10-12(20)8-11-4-5-13(17)14(18)9-11/h4-5,9,12,19H,6-8,10H2,1-3H3/t12-/m0/s1. The lowest BCUT2D eigenvalue weighted by Crippen LogP contribution is -2.55. The second-order valence-electron chi connectivity index (χ2n) is 6.48. The van der Waals surface area contributed by atoms with Crippen molar-refractivity contribution >= 4 is 29.3 Å². The second kappa shape index (κ2) is 7.07. The molecule has 1 fully saturated rings. The third-order valence-electron chi connectivity index (χ3n) is 3.43. The second-order valence-corrected chi connectivity index (χ2v) is 7.30. The number of carbonyl (C=O) groups excluding carboxylic acids is 1. The average Bonchev–Trinajstić information content (AvgIpc) is 2.41. The molecule has 22 heavy (non-hydrogen) atoms. The monoisotopic (exact) mass is 344 g/mol. The van der Waals surface area contributed by atoms with Crippen LogP contribution in [0.25, 0.3) is 0 Å².